The van der Waals surface area contributed by atoms with Crippen LogP contribution >= 0.6 is 0 Å². The van der Waals surface area contributed by atoms with E-state index < -0.39 is 18.0 Å². The maximum Gasteiger partial charge on any atom is 0.346 e. The number of ether oxygens (including phenoxy) is 3. The molecule has 1 atom stereocenters. The highest BCUT2D eigenvalue weighted by molar-refractivity contribution is 5.99. The number of hydrogen-bond acceptors (Lipinski definition) is 5. The molecule has 1 N–H and O–H groups in total. The zero-order valence-corrected chi connectivity index (χ0v) is 15.4. The summed E-state index contributed by atoms with van der Waals surface area (Å²) in [6, 6.07) is 12.4. The minimum atomic E-state index is -0.983. The molecule has 0 aliphatic carbocycles. The lowest BCUT2D eigenvalue weighted by atomic mass is 10.1. The molecule has 2 rings (SSSR count). The van der Waals surface area contributed by atoms with Gasteiger partial charge in [0.05, 0.1) is 14.2 Å². The Morgan fingerprint density at radius 2 is 1.58 bits per heavy atom. The Hall–Kier alpha value is -3.02. The van der Waals surface area contributed by atoms with Crippen molar-refractivity contribution in [1.29, 1.82) is 0 Å². The predicted octanol–water partition coefficient (Wildman–Crippen LogP) is 3.45. The molecule has 0 aromatic heterocycles. The van der Waals surface area contributed by atoms with Gasteiger partial charge in [0.1, 0.15) is 17.1 Å². The van der Waals surface area contributed by atoms with Crippen LogP contribution in [0.25, 0.3) is 0 Å². The summed E-state index contributed by atoms with van der Waals surface area (Å²) < 4.78 is 15.7. The van der Waals surface area contributed by atoms with E-state index in [4.69, 9.17) is 14.2 Å². The van der Waals surface area contributed by atoms with E-state index in [0.29, 0.717) is 17.2 Å². The molecule has 0 aliphatic heterocycles. The van der Waals surface area contributed by atoms with E-state index in [1.807, 2.05) is 24.3 Å². The number of amides is 1. The van der Waals surface area contributed by atoms with Gasteiger partial charge in [-0.1, -0.05) is 25.1 Å². The SMILES string of the molecule is CCc1ccc(NC(=O)[C@@H](C)OC(=O)c2c(OC)cccc2OC)cc1. The maximum atomic E-state index is 12.5. The zero-order chi connectivity index (χ0) is 19.1. The van der Waals surface area contributed by atoms with Crippen LogP contribution in [0, 0.1) is 0 Å². The number of rotatable bonds is 7. The van der Waals surface area contributed by atoms with Gasteiger partial charge in [-0.25, -0.2) is 4.79 Å². The standard InChI is InChI=1S/C20H23NO5/c1-5-14-9-11-15(12-10-14)21-19(22)13(2)26-20(23)18-16(24-3)7-6-8-17(18)25-4/h6-13H,5H2,1-4H3,(H,21,22)/t13-/m1/s1. The summed E-state index contributed by atoms with van der Waals surface area (Å²) in [5.41, 5.74) is 1.96. The Balaban J connectivity index is 2.07. The van der Waals surface area contributed by atoms with Gasteiger partial charge in [0.15, 0.2) is 6.10 Å². The number of aryl methyl sites for hydroxylation is 1. The maximum absolute atomic E-state index is 12.5. The topological polar surface area (TPSA) is 73.9 Å². The molecule has 0 saturated carbocycles. The third kappa shape index (κ3) is 4.53. The molecule has 0 saturated heterocycles. The molecule has 0 heterocycles. The van der Waals surface area contributed by atoms with Crippen LogP contribution in [0.4, 0.5) is 5.69 Å². The van der Waals surface area contributed by atoms with Gasteiger partial charge in [-0.3, -0.25) is 4.79 Å². The van der Waals surface area contributed by atoms with Crippen molar-refractivity contribution in [3.05, 3.63) is 53.6 Å². The molecule has 6 heteroatoms. The fourth-order valence-corrected chi connectivity index (χ4v) is 2.39. The molecule has 1 amide bonds. The number of nitrogens with one attached hydrogen (secondary N) is 1. The van der Waals surface area contributed by atoms with E-state index in [1.165, 1.54) is 26.7 Å². The van der Waals surface area contributed by atoms with Gasteiger partial charge < -0.3 is 19.5 Å². The summed E-state index contributed by atoms with van der Waals surface area (Å²) in [5, 5.41) is 2.73. The van der Waals surface area contributed by atoms with Crippen molar-refractivity contribution in [3.63, 3.8) is 0 Å². The zero-order valence-electron chi connectivity index (χ0n) is 15.4. The number of carbonyl (C=O) groups is 2. The van der Waals surface area contributed by atoms with Crippen LogP contribution < -0.4 is 14.8 Å². The Morgan fingerprint density at radius 3 is 2.08 bits per heavy atom. The minimum absolute atomic E-state index is 0.143. The average Bonchev–Trinajstić information content (AvgIpc) is 2.67. The van der Waals surface area contributed by atoms with E-state index in [9.17, 15) is 9.59 Å². The highest BCUT2D eigenvalue weighted by Crippen LogP contribution is 2.29. The highest BCUT2D eigenvalue weighted by Gasteiger charge is 2.24. The van der Waals surface area contributed by atoms with Crippen molar-refractivity contribution >= 4 is 17.6 Å². The van der Waals surface area contributed by atoms with E-state index in [2.05, 4.69) is 12.2 Å². The summed E-state index contributed by atoms with van der Waals surface area (Å²) in [5.74, 6) is -0.478. The van der Waals surface area contributed by atoms with Crippen LogP contribution in [-0.2, 0) is 16.0 Å². The van der Waals surface area contributed by atoms with Crippen molar-refractivity contribution in [2.45, 2.75) is 26.4 Å². The van der Waals surface area contributed by atoms with E-state index in [1.54, 1.807) is 18.2 Å². The number of methoxy groups -OCH3 is 2. The lowest BCUT2D eigenvalue weighted by molar-refractivity contribution is -0.123. The third-order valence-corrected chi connectivity index (χ3v) is 3.91. The second-order valence-electron chi connectivity index (χ2n) is 5.62. The molecule has 0 radical (unpaired) electrons. The van der Waals surface area contributed by atoms with Crippen LogP contribution in [0.2, 0.25) is 0 Å². The second kappa shape index (κ2) is 8.89. The number of esters is 1. The molecule has 0 bridgehead atoms. The Labute approximate surface area is 153 Å². The molecule has 138 valence electrons. The summed E-state index contributed by atoms with van der Waals surface area (Å²) >= 11 is 0. The molecule has 0 aliphatic rings. The molecule has 2 aromatic rings. The van der Waals surface area contributed by atoms with Crippen LogP contribution in [-0.4, -0.2) is 32.2 Å². The molecule has 26 heavy (non-hydrogen) atoms. The Morgan fingerprint density at radius 1 is 1.00 bits per heavy atom. The fourth-order valence-electron chi connectivity index (χ4n) is 2.39. The molecule has 2 aromatic carbocycles. The highest BCUT2D eigenvalue weighted by atomic mass is 16.6. The van der Waals surface area contributed by atoms with Gasteiger partial charge >= 0.3 is 5.97 Å². The lowest BCUT2D eigenvalue weighted by Gasteiger charge is -2.16. The molecule has 0 fully saturated rings. The van der Waals surface area contributed by atoms with Crippen LogP contribution in [0.3, 0.4) is 0 Å². The van der Waals surface area contributed by atoms with Crippen molar-refractivity contribution in [2.24, 2.45) is 0 Å². The van der Waals surface area contributed by atoms with Gasteiger partial charge in [0, 0.05) is 5.69 Å². The molecular formula is C20H23NO5. The molecule has 6 nitrogen and oxygen atoms in total. The van der Waals surface area contributed by atoms with Gasteiger partial charge in [-0.15, -0.1) is 0 Å². The van der Waals surface area contributed by atoms with Crippen LogP contribution in [0.1, 0.15) is 29.8 Å². The van der Waals surface area contributed by atoms with Crippen LogP contribution in [0.5, 0.6) is 11.5 Å². The van der Waals surface area contributed by atoms with Gasteiger partial charge in [0.2, 0.25) is 0 Å². The average molecular weight is 357 g/mol. The van der Waals surface area contributed by atoms with E-state index >= 15 is 0 Å². The van der Waals surface area contributed by atoms with Gasteiger partial charge in [-0.05, 0) is 43.2 Å². The van der Waals surface area contributed by atoms with E-state index in [0.717, 1.165) is 6.42 Å². The summed E-state index contributed by atoms with van der Waals surface area (Å²) in [6.45, 7) is 3.57. The van der Waals surface area contributed by atoms with Crippen molar-refractivity contribution < 1.29 is 23.8 Å². The first kappa shape index (κ1) is 19.3. The van der Waals surface area contributed by atoms with Gasteiger partial charge in [0.25, 0.3) is 5.91 Å². The largest absolute Gasteiger partial charge is 0.496 e. The number of carbonyl (C=O) groups excluding carboxylic acids is 2. The summed E-state index contributed by atoms with van der Waals surface area (Å²) in [7, 11) is 2.89. The summed E-state index contributed by atoms with van der Waals surface area (Å²) in [6.07, 6.45) is -0.0637. The Bertz CT molecular complexity index is 748. The first-order chi connectivity index (χ1) is 12.5. The third-order valence-electron chi connectivity index (χ3n) is 3.91. The molecule has 0 spiro atoms. The molecule has 0 unspecified atom stereocenters. The summed E-state index contributed by atoms with van der Waals surface area (Å²) in [4.78, 5) is 24.8. The normalized spacial score (nSPS) is 11.4. The van der Waals surface area contributed by atoms with Gasteiger partial charge in [-0.2, -0.15) is 0 Å². The lowest BCUT2D eigenvalue weighted by Crippen LogP contribution is -2.30. The second-order valence-corrected chi connectivity index (χ2v) is 5.62. The van der Waals surface area contributed by atoms with Crippen molar-refractivity contribution in [1.82, 2.24) is 0 Å². The number of benzene rings is 2. The number of anilines is 1. The predicted molar refractivity (Wildman–Crippen MR) is 98.9 cm³/mol. The van der Waals surface area contributed by atoms with E-state index in [-0.39, 0.29) is 5.56 Å². The molecular weight excluding hydrogens is 334 g/mol. The van der Waals surface area contributed by atoms with Crippen molar-refractivity contribution in [2.75, 3.05) is 19.5 Å². The number of hydrogen-bond donors (Lipinski definition) is 1. The monoisotopic (exact) mass is 357 g/mol. The Kier molecular flexibility index (Phi) is 6.60. The van der Waals surface area contributed by atoms with Crippen LogP contribution in [0.15, 0.2) is 42.5 Å². The first-order valence-corrected chi connectivity index (χ1v) is 8.31. The van der Waals surface area contributed by atoms with Crippen molar-refractivity contribution in [3.8, 4) is 11.5 Å². The minimum Gasteiger partial charge on any atom is -0.496 e. The first-order valence-electron chi connectivity index (χ1n) is 8.31. The smallest absolute Gasteiger partial charge is 0.346 e. The fraction of sp³-hybridized carbons (Fsp3) is 0.300. The quantitative estimate of drug-likeness (QED) is 0.768.